The Labute approximate surface area is 99.2 Å². The van der Waals surface area contributed by atoms with Crippen LogP contribution in [0.25, 0.3) is 0 Å². The van der Waals surface area contributed by atoms with E-state index in [2.05, 4.69) is 37.4 Å². The molecular weight excluding hydrogens is 198 g/mol. The third-order valence-electron chi connectivity index (χ3n) is 2.99. The van der Waals surface area contributed by atoms with Crippen LogP contribution >= 0.6 is 0 Å². The summed E-state index contributed by atoms with van der Waals surface area (Å²) in [7, 11) is 1.97. The molecule has 3 nitrogen and oxygen atoms in total. The number of rotatable bonds is 7. The van der Waals surface area contributed by atoms with Gasteiger partial charge in [0.15, 0.2) is 0 Å². The Hall–Kier alpha value is -0.830. The molecule has 0 radical (unpaired) electrons. The summed E-state index contributed by atoms with van der Waals surface area (Å²) in [5, 5.41) is 7.65. The van der Waals surface area contributed by atoms with Gasteiger partial charge in [0.2, 0.25) is 0 Å². The highest BCUT2D eigenvalue weighted by molar-refractivity contribution is 5.03. The van der Waals surface area contributed by atoms with Crippen molar-refractivity contribution in [1.82, 2.24) is 15.1 Å². The zero-order chi connectivity index (χ0) is 12.0. The van der Waals surface area contributed by atoms with Gasteiger partial charge in [-0.25, -0.2) is 0 Å². The molecular formula is C13H25N3. The first kappa shape index (κ1) is 13.2. The summed E-state index contributed by atoms with van der Waals surface area (Å²) in [6.45, 7) is 7.83. The van der Waals surface area contributed by atoms with Gasteiger partial charge in [-0.15, -0.1) is 0 Å². The van der Waals surface area contributed by atoms with Crippen LogP contribution in [0.5, 0.6) is 0 Å². The molecule has 0 saturated carbocycles. The van der Waals surface area contributed by atoms with E-state index in [0.717, 1.165) is 18.9 Å². The molecule has 1 N–H and O–H groups in total. The fraction of sp³-hybridized carbons (Fsp3) is 0.769. The van der Waals surface area contributed by atoms with E-state index in [-0.39, 0.29) is 0 Å². The van der Waals surface area contributed by atoms with Crippen LogP contribution in [0.3, 0.4) is 0 Å². The van der Waals surface area contributed by atoms with Crippen LogP contribution < -0.4 is 5.32 Å². The Morgan fingerprint density at radius 1 is 1.44 bits per heavy atom. The molecule has 16 heavy (non-hydrogen) atoms. The molecule has 0 aromatic carbocycles. The number of aryl methyl sites for hydroxylation is 2. The first-order chi connectivity index (χ1) is 7.61. The van der Waals surface area contributed by atoms with E-state index in [1.54, 1.807) is 0 Å². The highest BCUT2D eigenvalue weighted by atomic mass is 15.2. The van der Waals surface area contributed by atoms with Crippen LogP contribution in [0.4, 0.5) is 0 Å². The van der Waals surface area contributed by atoms with Crippen molar-refractivity contribution >= 4 is 0 Å². The molecule has 92 valence electrons. The topological polar surface area (TPSA) is 29.9 Å². The predicted octanol–water partition coefficient (Wildman–Crippen LogP) is 2.38. The summed E-state index contributed by atoms with van der Waals surface area (Å²) in [5.74, 6) is 0.772. The maximum Gasteiger partial charge on any atom is 0.0521 e. The summed E-state index contributed by atoms with van der Waals surface area (Å²) in [5.41, 5.74) is 1.35. The molecule has 2 unspecified atom stereocenters. The molecule has 2 atom stereocenters. The number of nitrogens with zero attached hydrogens (tertiary/aromatic N) is 2. The second kappa shape index (κ2) is 6.69. The van der Waals surface area contributed by atoms with Gasteiger partial charge >= 0.3 is 0 Å². The molecule has 1 heterocycles. The van der Waals surface area contributed by atoms with Gasteiger partial charge in [0.25, 0.3) is 0 Å². The van der Waals surface area contributed by atoms with E-state index in [0.29, 0.717) is 6.04 Å². The standard InChI is InChI=1S/C13H25N3/c1-5-14-12(3)8-11(2)6-7-13-9-15-16(4)10-13/h9-12,14H,5-8H2,1-4H3. The van der Waals surface area contributed by atoms with Gasteiger partial charge in [0.1, 0.15) is 0 Å². The molecule has 0 spiro atoms. The van der Waals surface area contributed by atoms with Crippen molar-refractivity contribution in [3.05, 3.63) is 18.0 Å². The number of hydrogen-bond donors (Lipinski definition) is 1. The fourth-order valence-electron chi connectivity index (χ4n) is 2.17. The molecule has 0 aliphatic heterocycles. The van der Waals surface area contributed by atoms with Crippen molar-refractivity contribution in [2.24, 2.45) is 13.0 Å². The van der Waals surface area contributed by atoms with Gasteiger partial charge in [-0.3, -0.25) is 4.68 Å². The van der Waals surface area contributed by atoms with Gasteiger partial charge in [-0.05, 0) is 44.2 Å². The molecule has 0 aliphatic rings. The lowest BCUT2D eigenvalue weighted by Crippen LogP contribution is -2.27. The lowest BCUT2D eigenvalue weighted by atomic mass is 9.96. The average Bonchev–Trinajstić information content (AvgIpc) is 2.61. The first-order valence-corrected chi connectivity index (χ1v) is 6.32. The van der Waals surface area contributed by atoms with Crippen molar-refractivity contribution in [2.75, 3.05) is 6.54 Å². The monoisotopic (exact) mass is 223 g/mol. The van der Waals surface area contributed by atoms with Gasteiger partial charge < -0.3 is 5.32 Å². The third kappa shape index (κ3) is 4.79. The summed E-state index contributed by atoms with van der Waals surface area (Å²) in [4.78, 5) is 0. The molecule has 1 aromatic heterocycles. The predicted molar refractivity (Wildman–Crippen MR) is 68.4 cm³/mol. The van der Waals surface area contributed by atoms with Gasteiger partial charge in [0, 0.05) is 19.3 Å². The lowest BCUT2D eigenvalue weighted by molar-refractivity contribution is 0.408. The number of nitrogens with one attached hydrogen (secondary N) is 1. The number of hydrogen-bond acceptors (Lipinski definition) is 2. The molecule has 0 fully saturated rings. The van der Waals surface area contributed by atoms with Gasteiger partial charge in [0.05, 0.1) is 6.20 Å². The maximum absolute atomic E-state index is 4.19. The van der Waals surface area contributed by atoms with E-state index in [4.69, 9.17) is 0 Å². The van der Waals surface area contributed by atoms with E-state index in [1.165, 1.54) is 18.4 Å². The third-order valence-corrected chi connectivity index (χ3v) is 2.99. The van der Waals surface area contributed by atoms with E-state index in [1.807, 2.05) is 17.9 Å². The van der Waals surface area contributed by atoms with Crippen LogP contribution in [0.1, 0.15) is 39.2 Å². The Bertz CT molecular complexity index is 293. The Balaban J connectivity index is 2.22. The lowest BCUT2D eigenvalue weighted by Gasteiger charge is -2.17. The van der Waals surface area contributed by atoms with Crippen LogP contribution in [-0.2, 0) is 13.5 Å². The normalized spacial score (nSPS) is 15.0. The van der Waals surface area contributed by atoms with Crippen molar-refractivity contribution in [3.8, 4) is 0 Å². The summed E-state index contributed by atoms with van der Waals surface area (Å²) < 4.78 is 1.88. The Morgan fingerprint density at radius 2 is 2.19 bits per heavy atom. The van der Waals surface area contributed by atoms with Gasteiger partial charge in [-0.1, -0.05) is 13.8 Å². The molecule has 3 heteroatoms. The SMILES string of the molecule is CCNC(C)CC(C)CCc1cnn(C)c1. The molecule has 0 amide bonds. The highest BCUT2D eigenvalue weighted by Crippen LogP contribution is 2.14. The zero-order valence-electron chi connectivity index (χ0n) is 11.0. The van der Waals surface area contributed by atoms with Crippen LogP contribution in [0.2, 0.25) is 0 Å². The molecule has 1 rings (SSSR count). The second-order valence-electron chi connectivity index (χ2n) is 4.86. The number of aromatic nitrogens is 2. The Morgan fingerprint density at radius 3 is 2.75 bits per heavy atom. The zero-order valence-corrected chi connectivity index (χ0v) is 11.0. The first-order valence-electron chi connectivity index (χ1n) is 6.32. The quantitative estimate of drug-likeness (QED) is 0.769. The van der Waals surface area contributed by atoms with E-state index >= 15 is 0 Å². The second-order valence-corrected chi connectivity index (χ2v) is 4.86. The van der Waals surface area contributed by atoms with E-state index < -0.39 is 0 Å². The fourth-order valence-corrected chi connectivity index (χ4v) is 2.17. The summed E-state index contributed by atoms with van der Waals surface area (Å²) >= 11 is 0. The van der Waals surface area contributed by atoms with Crippen LogP contribution in [0.15, 0.2) is 12.4 Å². The maximum atomic E-state index is 4.19. The van der Waals surface area contributed by atoms with Crippen molar-refractivity contribution in [1.29, 1.82) is 0 Å². The molecule has 1 aromatic rings. The molecule has 0 bridgehead atoms. The molecule has 0 saturated heterocycles. The minimum absolute atomic E-state index is 0.633. The van der Waals surface area contributed by atoms with Crippen molar-refractivity contribution in [2.45, 2.75) is 46.1 Å². The molecule has 0 aliphatic carbocycles. The highest BCUT2D eigenvalue weighted by Gasteiger charge is 2.08. The minimum Gasteiger partial charge on any atom is -0.315 e. The minimum atomic E-state index is 0.633. The average molecular weight is 223 g/mol. The largest absolute Gasteiger partial charge is 0.315 e. The summed E-state index contributed by atoms with van der Waals surface area (Å²) in [6.07, 6.45) is 7.74. The van der Waals surface area contributed by atoms with Crippen LogP contribution in [0, 0.1) is 5.92 Å². The van der Waals surface area contributed by atoms with Crippen molar-refractivity contribution < 1.29 is 0 Å². The van der Waals surface area contributed by atoms with Gasteiger partial charge in [-0.2, -0.15) is 5.10 Å². The smallest absolute Gasteiger partial charge is 0.0521 e. The van der Waals surface area contributed by atoms with Crippen LogP contribution in [-0.4, -0.2) is 22.4 Å². The Kier molecular flexibility index (Phi) is 5.53. The van der Waals surface area contributed by atoms with Crippen molar-refractivity contribution in [3.63, 3.8) is 0 Å². The van der Waals surface area contributed by atoms with E-state index in [9.17, 15) is 0 Å². The summed E-state index contributed by atoms with van der Waals surface area (Å²) in [6, 6.07) is 0.633.